The van der Waals surface area contributed by atoms with Gasteiger partial charge in [-0.2, -0.15) is 0 Å². The van der Waals surface area contributed by atoms with Gasteiger partial charge in [-0.15, -0.1) is 0 Å². The highest BCUT2D eigenvalue weighted by Crippen LogP contribution is 2.21. The van der Waals surface area contributed by atoms with E-state index in [9.17, 15) is 0 Å². The maximum atomic E-state index is 5.97. The van der Waals surface area contributed by atoms with E-state index in [0.717, 1.165) is 30.4 Å². The van der Waals surface area contributed by atoms with E-state index in [1.165, 1.54) is 6.42 Å². The van der Waals surface area contributed by atoms with Crippen molar-refractivity contribution in [2.24, 2.45) is 5.92 Å². The zero-order chi connectivity index (χ0) is 14.3. The molecule has 0 spiro atoms. The van der Waals surface area contributed by atoms with Gasteiger partial charge in [-0.1, -0.05) is 13.8 Å². The lowest BCUT2D eigenvalue weighted by atomic mass is 10.1. The van der Waals surface area contributed by atoms with Crippen LogP contribution in [0.25, 0.3) is 0 Å². The maximum Gasteiger partial charge on any atom is 0.392 e. The predicted molar refractivity (Wildman–Crippen MR) is 81.1 cm³/mol. The van der Waals surface area contributed by atoms with Crippen LogP contribution in [0.1, 0.15) is 26.7 Å². The molecule has 0 aliphatic heterocycles. The van der Waals surface area contributed by atoms with Crippen LogP contribution in [0.3, 0.4) is 0 Å². The fourth-order valence-corrected chi connectivity index (χ4v) is 3.17. The summed E-state index contributed by atoms with van der Waals surface area (Å²) in [7, 11) is -0.425. The van der Waals surface area contributed by atoms with Crippen molar-refractivity contribution in [3.05, 3.63) is 24.3 Å². The van der Waals surface area contributed by atoms with E-state index in [1.54, 1.807) is 7.11 Å². The van der Waals surface area contributed by atoms with Gasteiger partial charge in [0.2, 0.25) is 0 Å². The Kier molecular flexibility index (Phi) is 6.38. The quantitative estimate of drug-likeness (QED) is 0.527. The summed E-state index contributed by atoms with van der Waals surface area (Å²) in [6.07, 6.45) is 2.30. The largest absolute Gasteiger partial charge is 0.520 e. The van der Waals surface area contributed by atoms with Gasteiger partial charge >= 0.3 is 8.56 Å². The Hall–Kier alpha value is -1.00. The highest BCUT2D eigenvalue weighted by molar-refractivity contribution is 6.65. The van der Waals surface area contributed by atoms with Gasteiger partial charge in [0.1, 0.15) is 11.5 Å². The minimum absolute atomic E-state index is 0.732. The summed E-state index contributed by atoms with van der Waals surface area (Å²) in [5.74, 6) is 2.42. The summed E-state index contributed by atoms with van der Waals surface area (Å²) in [5.41, 5.74) is 0. The molecule has 0 unspecified atom stereocenters. The molecule has 0 fully saturated rings. The maximum absolute atomic E-state index is 5.97. The van der Waals surface area contributed by atoms with Gasteiger partial charge in [-0.25, -0.2) is 0 Å². The first-order valence-electron chi connectivity index (χ1n) is 6.90. The Bertz CT molecular complexity index is 360. The summed E-state index contributed by atoms with van der Waals surface area (Å²) in [5, 5.41) is 0. The lowest BCUT2D eigenvalue weighted by molar-refractivity contribution is 0.237. The third-order valence-electron chi connectivity index (χ3n) is 2.80. The van der Waals surface area contributed by atoms with Gasteiger partial charge in [-0.3, -0.25) is 0 Å². The van der Waals surface area contributed by atoms with Gasteiger partial charge < -0.3 is 13.6 Å². The molecule has 0 N–H and O–H groups in total. The van der Waals surface area contributed by atoms with Crippen molar-refractivity contribution in [3.8, 4) is 11.5 Å². The summed E-state index contributed by atoms with van der Waals surface area (Å²) in [6, 6.07) is 7.65. The van der Waals surface area contributed by atoms with Crippen LogP contribution >= 0.6 is 0 Å². The molecule has 108 valence electrons. The molecule has 0 aromatic heterocycles. The van der Waals surface area contributed by atoms with Crippen molar-refractivity contribution in [1.29, 1.82) is 0 Å². The second-order valence-electron chi connectivity index (χ2n) is 5.56. The van der Waals surface area contributed by atoms with E-state index < -0.39 is 8.56 Å². The van der Waals surface area contributed by atoms with Crippen LogP contribution in [-0.2, 0) is 4.43 Å². The second kappa shape index (κ2) is 7.55. The predicted octanol–water partition coefficient (Wildman–Crippen LogP) is 4.23. The molecule has 0 bridgehead atoms. The minimum Gasteiger partial charge on any atom is -0.520 e. The number of benzene rings is 1. The molecule has 0 saturated carbocycles. The summed E-state index contributed by atoms with van der Waals surface area (Å²) >= 11 is 0. The van der Waals surface area contributed by atoms with E-state index in [0.29, 0.717) is 0 Å². The molecule has 0 aliphatic rings. The van der Waals surface area contributed by atoms with Gasteiger partial charge in [0, 0.05) is 6.61 Å². The molecule has 1 aromatic rings. The van der Waals surface area contributed by atoms with E-state index in [2.05, 4.69) is 26.9 Å². The standard InChI is InChI=1S/C15H26O3Si/c1-13(2)7-6-12-17-19(4,5)18-15-10-8-14(16-3)9-11-15/h8-11,13H,6-7,12H2,1-5H3. The highest BCUT2D eigenvalue weighted by Gasteiger charge is 2.26. The normalized spacial score (nSPS) is 11.7. The fraction of sp³-hybridized carbons (Fsp3) is 0.600. The zero-order valence-electron chi connectivity index (χ0n) is 12.7. The van der Waals surface area contributed by atoms with E-state index in [4.69, 9.17) is 13.6 Å². The highest BCUT2D eigenvalue weighted by atomic mass is 28.4. The molecule has 0 saturated heterocycles. The van der Waals surface area contributed by atoms with E-state index in [1.807, 2.05) is 24.3 Å². The van der Waals surface area contributed by atoms with Crippen molar-refractivity contribution in [1.82, 2.24) is 0 Å². The van der Waals surface area contributed by atoms with Crippen LogP contribution in [0.5, 0.6) is 11.5 Å². The lowest BCUT2D eigenvalue weighted by Crippen LogP contribution is -2.38. The van der Waals surface area contributed by atoms with Gasteiger partial charge in [-0.05, 0) is 56.1 Å². The Morgan fingerprint density at radius 3 is 2.16 bits per heavy atom. The molecule has 0 amide bonds. The van der Waals surface area contributed by atoms with Gasteiger partial charge in [0.25, 0.3) is 0 Å². The molecular formula is C15H26O3Si. The average molecular weight is 282 g/mol. The summed E-state index contributed by atoms with van der Waals surface area (Å²) in [6.45, 7) is 9.40. The molecule has 4 heteroatoms. The number of hydrogen-bond donors (Lipinski definition) is 0. The Morgan fingerprint density at radius 1 is 1.05 bits per heavy atom. The zero-order valence-corrected chi connectivity index (χ0v) is 13.7. The lowest BCUT2D eigenvalue weighted by Gasteiger charge is -2.24. The molecule has 1 rings (SSSR count). The van der Waals surface area contributed by atoms with Crippen LogP contribution in [0.4, 0.5) is 0 Å². The van der Waals surface area contributed by atoms with Crippen molar-refractivity contribution in [2.45, 2.75) is 39.8 Å². The molecular weight excluding hydrogens is 256 g/mol. The first kappa shape index (κ1) is 16.1. The topological polar surface area (TPSA) is 27.7 Å². The molecule has 3 nitrogen and oxygen atoms in total. The SMILES string of the molecule is COc1ccc(O[Si](C)(C)OCCCC(C)C)cc1. The van der Waals surface area contributed by atoms with Crippen molar-refractivity contribution in [2.75, 3.05) is 13.7 Å². The molecule has 0 radical (unpaired) electrons. The smallest absolute Gasteiger partial charge is 0.392 e. The Labute approximate surface area is 118 Å². The number of ether oxygens (including phenoxy) is 1. The van der Waals surface area contributed by atoms with Crippen molar-refractivity contribution in [3.63, 3.8) is 0 Å². The van der Waals surface area contributed by atoms with Crippen molar-refractivity contribution >= 4 is 8.56 Å². The van der Waals surface area contributed by atoms with Crippen molar-refractivity contribution < 1.29 is 13.6 Å². The number of methoxy groups -OCH3 is 1. The fourth-order valence-electron chi connectivity index (χ4n) is 1.77. The second-order valence-corrected chi connectivity index (χ2v) is 8.85. The number of rotatable bonds is 8. The Morgan fingerprint density at radius 2 is 1.63 bits per heavy atom. The monoisotopic (exact) mass is 282 g/mol. The summed E-state index contributed by atoms with van der Waals surface area (Å²) in [4.78, 5) is 0. The van der Waals surface area contributed by atoms with Crippen LogP contribution < -0.4 is 9.16 Å². The Balaban J connectivity index is 2.39. The minimum atomic E-state index is -2.08. The van der Waals surface area contributed by atoms with Gasteiger partial charge in [0.15, 0.2) is 0 Å². The van der Waals surface area contributed by atoms with E-state index in [-0.39, 0.29) is 0 Å². The first-order valence-corrected chi connectivity index (χ1v) is 9.71. The third kappa shape index (κ3) is 6.64. The molecule has 19 heavy (non-hydrogen) atoms. The molecule has 0 heterocycles. The van der Waals surface area contributed by atoms with Crippen LogP contribution in [0.15, 0.2) is 24.3 Å². The first-order chi connectivity index (χ1) is 8.93. The summed E-state index contributed by atoms with van der Waals surface area (Å²) < 4.78 is 17.0. The van der Waals surface area contributed by atoms with Crippen LogP contribution in [-0.4, -0.2) is 22.3 Å². The molecule has 0 atom stereocenters. The number of hydrogen-bond acceptors (Lipinski definition) is 3. The molecule has 1 aromatic carbocycles. The van der Waals surface area contributed by atoms with Crippen LogP contribution in [0.2, 0.25) is 13.1 Å². The molecule has 0 aliphatic carbocycles. The third-order valence-corrected chi connectivity index (χ3v) is 4.43. The van der Waals surface area contributed by atoms with Crippen LogP contribution in [0, 0.1) is 5.92 Å². The average Bonchev–Trinajstić information content (AvgIpc) is 2.35. The van der Waals surface area contributed by atoms with E-state index >= 15 is 0 Å². The van der Waals surface area contributed by atoms with Gasteiger partial charge in [0.05, 0.1) is 7.11 Å².